The second-order valence-corrected chi connectivity index (χ2v) is 8.26. The predicted molar refractivity (Wildman–Crippen MR) is 123 cm³/mol. The number of likely N-dealkylation sites (tertiary alicyclic amines) is 1. The summed E-state index contributed by atoms with van der Waals surface area (Å²) >= 11 is 5.96. The molecule has 162 valence electrons. The molecule has 3 aromatic rings. The molecule has 1 aliphatic heterocycles. The number of ketones is 1. The average Bonchev–Trinajstić information content (AvgIpc) is 3.04. The molecule has 6 heteroatoms. The third kappa shape index (κ3) is 4.25. The molecule has 32 heavy (non-hydrogen) atoms. The summed E-state index contributed by atoms with van der Waals surface area (Å²) < 4.78 is 0. The van der Waals surface area contributed by atoms with Crippen LogP contribution in [0, 0.1) is 6.92 Å². The number of benzene rings is 3. The highest BCUT2D eigenvalue weighted by Crippen LogP contribution is 2.39. The highest BCUT2D eigenvalue weighted by atomic mass is 35.5. The molecule has 1 aliphatic rings. The van der Waals surface area contributed by atoms with Crippen molar-refractivity contribution < 1.29 is 19.8 Å². The molecule has 0 spiro atoms. The molecule has 0 radical (unpaired) electrons. The fourth-order valence-electron chi connectivity index (χ4n) is 3.88. The maximum atomic E-state index is 13.0. The Morgan fingerprint density at radius 2 is 1.56 bits per heavy atom. The Bertz CT molecular complexity index is 1180. The number of amides is 1. The zero-order chi connectivity index (χ0) is 22.8. The van der Waals surface area contributed by atoms with E-state index in [2.05, 4.69) is 0 Å². The Hall–Kier alpha value is -3.57. The van der Waals surface area contributed by atoms with Crippen LogP contribution in [0.5, 0.6) is 5.75 Å². The number of carbonyl (C=O) groups excluding carboxylic acids is 2. The van der Waals surface area contributed by atoms with Crippen LogP contribution in [-0.4, -0.2) is 33.3 Å². The van der Waals surface area contributed by atoms with Crippen LogP contribution >= 0.6 is 11.6 Å². The second-order valence-electron chi connectivity index (χ2n) is 7.83. The first kappa shape index (κ1) is 21.7. The SMILES string of the molecule is Cc1ccc(/C(O)=C2/C(=O)C(=O)N(CCc3ccc(Cl)cc3)C2c2ccc(O)cc2)cc1. The number of aromatic hydroxyl groups is 1. The van der Waals surface area contributed by atoms with E-state index in [1.165, 1.54) is 17.0 Å². The Labute approximate surface area is 191 Å². The van der Waals surface area contributed by atoms with Gasteiger partial charge in [0.1, 0.15) is 11.5 Å². The molecule has 0 bridgehead atoms. The number of rotatable bonds is 5. The van der Waals surface area contributed by atoms with Crippen molar-refractivity contribution in [2.75, 3.05) is 6.54 Å². The number of phenolic OH excluding ortho intramolecular Hbond substituents is 1. The molecule has 1 saturated heterocycles. The monoisotopic (exact) mass is 447 g/mol. The zero-order valence-corrected chi connectivity index (χ0v) is 18.2. The number of Topliss-reactive ketones (excluding diaryl/α,β-unsaturated/α-hetero) is 1. The number of aliphatic hydroxyl groups is 1. The lowest BCUT2D eigenvalue weighted by Gasteiger charge is -2.25. The molecule has 4 rings (SSSR count). The van der Waals surface area contributed by atoms with Gasteiger partial charge in [-0.15, -0.1) is 0 Å². The average molecular weight is 448 g/mol. The van der Waals surface area contributed by atoms with Gasteiger partial charge in [-0.05, 0) is 48.7 Å². The highest BCUT2D eigenvalue weighted by molar-refractivity contribution is 6.46. The lowest BCUT2D eigenvalue weighted by atomic mass is 9.95. The van der Waals surface area contributed by atoms with E-state index in [9.17, 15) is 19.8 Å². The van der Waals surface area contributed by atoms with Crippen molar-refractivity contribution in [2.24, 2.45) is 0 Å². The molecule has 0 aromatic heterocycles. The van der Waals surface area contributed by atoms with Crippen LogP contribution in [0.3, 0.4) is 0 Å². The Morgan fingerprint density at radius 1 is 0.938 bits per heavy atom. The third-order valence-electron chi connectivity index (χ3n) is 5.63. The first-order valence-corrected chi connectivity index (χ1v) is 10.6. The van der Waals surface area contributed by atoms with E-state index in [-0.39, 0.29) is 23.6 Å². The van der Waals surface area contributed by atoms with E-state index < -0.39 is 17.7 Å². The predicted octanol–water partition coefficient (Wildman–Crippen LogP) is 5.02. The maximum absolute atomic E-state index is 13.0. The molecule has 3 aromatic carbocycles. The number of aliphatic hydroxyl groups excluding tert-OH is 1. The van der Waals surface area contributed by atoms with Gasteiger partial charge < -0.3 is 15.1 Å². The number of aryl methyl sites for hydroxylation is 1. The molecule has 0 aliphatic carbocycles. The third-order valence-corrected chi connectivity index (χ3v) is 5.88. The van der Waals surface area contributed by atoms with Gasteiger partial charge in [-0.2, -0.15) is 0 Å². The summed E-state index contributed by atoms with van der Waals surface area (Å²) in [5.74, 6) is -1.52. The standard InChI is InChI=1S/C26H22ClNO4/c1-16-2-6-19(7-3-16)24(30)22-23(18-8-12-21(29)13-9-18)28(26(32)25(22)31)15-14-17-4-10-20(27)11-5-17/h2-13,23,29-30H,14-15H2,1H3/b24-22-. The summed E-state index contributed by atoms with van der Waals surface area (Å²) in [6.45, 7) is 2.21. The van der Waals surface area contributed by atoms with Gasteiger partial charge in [-0.3, -0.25) is 9.59 Å². The molecular weight excluding hydrogens is 426 g/mol. The summed E-state index contributed by atoms with van der Waals surface area (Å²) in [4.78, 5) is 27.5. The van der Waals surface area contributed by atoms with Gasteiger partial charge in [0.15, 0.2) is 0 Å². The molecule has 5 nitrogen and oxygen atoms in total. The summed E-state index contributed by atoms with van der Waals surface area (Å²) in [5, 5.41) is 21.4. The normalized spacial score (nSPS) is 17.7. The van der Waals surface area contributed by atoms with Crippen LogP contribution < -0.4 is 0 Å². The van der Waals surface area contributed by atoms with Crippen LogP contribution in [0.25, 0.3) is 5.76 Å². The summed E-state index contributed by atoms with van der Waals surface area (Å²) in [6.07, 6.45) is 0.517. The van der Waals surface area contributed by atoms with Crippen LogP contribution in [0.4, 0.5) is 0 Å². The maximum Gasteiger partial charge on any atom is 0.295 e. The minimum atomic E-state index is -0.760. The van der Waals surface area contributed by atoms with E-state index >= 15 is 0 Å². The van der Waals surface area contributed by atoms with E-state index in [1.54, 1.807) is 36.4 Å². The van der Waals surface area contributed by atoms with Crippen molar-refractivity contribution in [2.45, 2.75) is 19.4 Å². The fraction of sp³-hybridized carbons (Fsp3) is 0.154. The molecule has 0 saturated carbocycles. The van der Waals surface area contributed by atoms with Crippen molar-refractivity contribution in [1.29, 1.82) is 0 Å². The summed E-state index contributed by atoms with van der Waals surface area (Å²) in [5.41, 5.74) is 3.13. The number of hydrogen-bond acceptors (Lipinski definition) is 4. The van der Waals surface area contributed by atoms with Crippen LogP contribution in [0.2, 0.25) is 5.02 Å². The Kier molecular flexibility index (Phi) is 6.01. The minimum Gasteiger partial charge on any atom is -0.508 e. The van der Waals surface area contributed by atoms with Crippen LogP contribution in [-0.2, 0) is 16.0 Å². The number of nitrogens with zero attached hydrogens (tertiary/aromatic N) is 1. The van der Waals surface area contributed by atoms with Gasteiger partial charge >= 0.3 is 0 Å². The van der Waals surface area contributed by atoms with Crippen LogP contribution in [0.1, 0.15) is 28.3 Å². The van der Waals surface area contributed by atoms with Gasteiger partial charge in [0, 0.05) is 17.1 Å². The lowest BCUT2D eigenvalue weighted by Crippen LogP contribution is -2.31. The highest BCUT2D eigenvalue weighted by Gasteiger charge is 2.45. The first-order valence-electron chi connectivity index (χ1n) is 10.2. The van der Waals surface area contributed by atoms with Gasteiger partial charge in [-0.25, -0.2) is 0 Å². The van der Waals surface area contributed by atoms with Gasteiger partial charge in [0.2, 0.25) is 0 Å². The first-order chi connectivity index (χ1) is 15.3. The zero-order valence-electron chi connectivity index (χ0n) is 17.5. The lowest BCUT2D eigenvalue weighted by molar-refractivity contribution is -0.139. The number of halogens is 1. The minimum absolute atomic E-state index is 0.0423. The number of hydrogen-bond donors (Lipinski definition) is 2. The van der Waals surface area contributed by atoms with Gasteiger partial charge in [-0.1, -0.05) is 65.7 Å². The topological polar surface area (TPSA) is 77.8 Å². The van der Waals surface area contributed by atoms with E-state index in [0.717, 1.165) is 11.1 Å². The van der Waals surface area contributed by atoms with E-state index in [1.807, 2.05) is 31.2 Å². The van der Waals surface area contributed by atoms with Gasteiger partial charge in [0.05, 0.1) is 11.6 Å². The molecule has 1 fully saturated rings. The fourth-order valence-corrected chi connectivity index (χ4v) is 4.01. The Balaban J connectivity index is 1.76. The Morgan fingerprint density at radius 3 is 2.19 bits per heavy atom. The largest absolute Gasteiger partial charge is 0.508 e. The van der Waals surface area contributed by atoms with Crippen molar-refractivity contribution >= 4 is 29.1 Å². The molecular formula is C26H22ClNO4. The molecule has 1 heterocycles. The smallest absolute Gasteiger partial charge is 0.295 e. The summed E-state index contributed by atoms with van der Waals surface area (Å²) in [6, 6.07) is 20.0. The van der Waals surface area contributed by atoms with Crippen molar-refractivity contribution in [3.05, 3.63) is 106 Å². The van der Waals surface area contributed by atoms with E-state index in [4.69, 9.17) is 11.6 Å². The second kappa shape index (κ2) is 8.89. The van der Waals surface area contributed by atoms with Crippen molar-refractivity contribution in [3.8, 4) is 5.75 Å². The van der Waals surface area contributed by atoms with E-state index in [0.29, 0.717) is 22.6 Å². The van der Waals surface area contributed by atoms with Crippen molar-refractivity contribution in [3.63, 3.8) is 0 Å². The van der Waals surface area contributed by atoms with Crippen LogP contribution in [0.15, 0.2) is 78.4 Å². The molecule has 1 atom stereocenters. The van der Waals surface area contributed by atoms with Gasteiger partial charge in [0.25, 0.3) is 11.7 Å². The molecule has 2 N–H and O–H groups in total. The molecule has 1 amide bonds. The number of carbonyl (C=O) groups is 2. The summed E-state index contributed by atoms with van der Waals surface area (Å²) in [7, 11) is 0. The van der Waals surface area contributed by atoms with Crippen molar-refractivity contribution in [1.82, 2.24) is 4.90 Å². The quantitative estimate of drug-likeness (QED) is 0.327. The molecule has 1 unspecified atom stereocenters. The number of phenols is 1.